The minimum atomic E-state index is -4.23. The van der Waals surface area contributed by atoms with Gasteiger partial charge in [0.05, 0.1) is 6.61 Å². The first-order valence-electron chi connectivity index (χ1n) is 6.04. The van der Waals surface area contributed by atoms with Crippen molar-refractivity contribution in [1.29, 1.82) is 0 Å². The first-order valence-corrected chi connectivity index (χ1v) is 7.53. The molecule has 1 aliphatic rings. The number of rotatable bonds is 5. The van der Waals surface area contributed by atoms with Crippen LogP contribution < -0.4 is 11.4 Å². The quantitative estimate of drug-likeness (QED) is 0.595. The Morgan fingerprint density at radius 2 is 2.38 bits per heavy atom. The SMILES string of the molecule is COP(=O)(O)OC1CC(n2ccc(N)nc2=O)OC1CO. The van der Waals surface area contributed by atoms with Crippen molar-refractivity contribution in [2.75, 3.05) is 19.5 Å². The van der Waals surface area contributed by atoms with Crippen LogP contribution in [-0.2, 0) is 18.3 Å². The molecular formula is C10H16N3O7P. The Morgan fingerprint density at radius 3 is 2.95 bits per heavy atom. The van der Waals surface area contributed by atoms with E-state index in [0.717, 1.165) is 11.7 Å². The Hall–Kier alpha value is -1.29. The first kappa shape index (κ1) is 16.1. The molecule has 2 heterocycles. The molecule has 2 rings (SSSR count). The molecule has 0 radical (unpaired) electrons. The number of ether oxygens (including phenoxy) is 1. The predicted octanol–water partition coefficient (Wildman–Crippen LogP) is -0.763. The van der Waals surface area contributed by atoms with Crippen LogP contribution in [0, 0.1) is 0 Å². The van der Waals surface area contributed by atoms with Crippen molar-refractivity contribution in [3.63, 3.8) is 0 Å². The van der Waals surface area contributed by atoms with Gasteiger partial charge in [-0.05, 0) is 6.07 Å². The number of hydrogen-bond donors (Lipinski definition) is 3. The van der Waals surface area contributed by atoms with E-state index in [0.29, 0.717) is 0 Å². The smallest absolute Gasteiger partial charge is 0.394 e. The summed E-state index contributed by atoms with van der Waals surface area (Å²) in [5.74, 6) is 0.0694. The van der Waals surface area contributed by atoms with E-state index in [4.69, 9.17) is 15.0 Å². The molecule has 0 bridgehead atoms. The Bertz CT molecular complexity index is 607. The number of phosphoric acid groups is 1. The first-order chi connectivity index (χ1) is 9.86. The number of aliphatic hydroxyl groups is 1. The van der Waals surface area contributed by atoms with E-state index in [1.807, 2.05) is 0 Å². The lowest BCUT2D eigenvalue weighted by Crippen LogP contribution is -2.28. The van der Waals surface area contributed by atoms with Crippen LogP contribution in [0.25, 0.3) is 0 Å². The van der Waals surface area contributed by atoms with Crippen LogP contribution in [0.3, 0.4) is 0 Å². The molecule has 118 valence electrons. The van der Waals surface area contributed by atoms with Gasteiger partial charge in [-0.1, -0.05) is 0 Å². The van der Waals surface area contributed by atoms with E-state index in [-0.39, 0.29) is 12.2 Å². The second-order valence-corrected chi connectivity index (χ2v) is 5.90. The fourth-order valence-electron chi connectivity index (χ4n) is 2.01. The molecular weight excluding hydrogens is 305 g/mol. The fourth-order valence-corrected chi connectivity index (χ4v) is 2.66. The lowest BCUT2D eigenvalue weighted by atomic mass is 10.2. The Kier molecular flexibility index (Phi) is 4.77. The van der Waals surface area contributed by atoms with Gasteiger partial charge < -0.3 is 20.5 Å². The molecule has 1 saturated heterocycles. The van der Waals surface area contributed by atoms with Gasteiger partial charge in [-0.15, -0.1) is 0 Å². The molecule has 1 fully saturated rings. The zero-order chi connectivity index (χ0) is 15.6. The van der Waals surface area contributed by atoms with Gasteiger partial charge in [-0.3, -0.25) is 13.6 Å². The second-order valence-electron chi connectivity index (χ2n) is 4.38. The van der Waals surface area contributed by atoms with Crippen LogP contribution in [0.15, 0.2) is 17.1 Å². The lowest BCUT2D eigenvalue weighted by molar-refractivity contribution is -0.0457. The summed E-state index contributed by atoms with van der Waals surface area (Å²) in [6.07, 6.45) is -1.09. The topological polar surface area (TPSA) is 146 Å². The Morgan fingerprint density at radius 1 is 1.67 bits per heavy atom. The number of aliphatic hydroxyl groups excluding tert-OH is 1. The van der Waals surface area contributed by atoms with Gasteiger partial charge in [0, 0.05) is 19.7 Å². The van der Waals surface area contributed by atoms with Crippen molar-refractivity contribution in [2.45, 2.75) is 24.9 Å². The van der Waals surface area contributed by atoms with Gasteiger partial charge in [-0.2, -0.15) is 4.98 Å². The molecule has 4 N–H and O–H groups in total. The number of nitrogens with two attached hydrogens (primary N) is 1. The zero-order valence-corrected chi connectivity index (χ0v) is 12.1. The third-order valence-electron chi connectivity index (χ3n) is 3.02. The molecule has 0 spiro atoms. The van der Waals surface area contributed by atoms with Crippen LogP contribution >= 0.6 is 7.82 Å². The highest BCUT2D eigenvalue weighted by Gasteiger charge is 2.41. The molecule has 4 atom stereocenters. The highest BCUT2D eigenvalue weighted by Crippen LogP contribution is 2.47. The third-order valence-corrected chi connectivity index (χ3v) is 4.02. The summed E-state index contributed by atoms with van der Waals surface area (Å²) in [6, 6.07) is 1.42. The molecule has 11 heteroatoms. The van der Waals surface area contributed by atoms with Crippen LogP contribution in [0.4, 0.5) is 5.82 Å². The van der Waals surface area contributed by atoms with Crippen LogP contribution in [0.2, 0.25) is 0 Å². The highest BCUT2D eigenvalue weighted by molar-refractivity contribution is 7.47. The number of nitrogen functional groups attached to an aromatic ring is 1. The van der Waals surface area contributed by atoms with E-state index >= 15 is 0 Å². The largest absolute Gasteiger partial charge is 0.472 e. The molecule has 10 nitrogen and oxygen atoms in total. The zero-order valence-electron chi connectivity index (χ0n) is 11.2. The summed E-state index contributed by atoms with van der Waals surface area (Å²) in [5.41, 5.74) is 4.76. The second kappa shape index (κ2) is 6.22. The molecule has 0 aromatic carbocycles. The molecule has 0 aliphatic carbocycles. The summed E-state index contributed by atoms with van der Waals surface area (Å²) >= 11 is 0. The number of nitrogens with zero attached hydrogens (tertiary/aromatic N) is 2. The van der Waals surface area contributed by atoms with Crippen LogP contribution in [0.5, 0.6) is 0 Å². The third kappa shape index (κ3) is 3.67. The van der Waals surface area contributed by atoms with E-state index in [9.17, 15) is 19.4 Å². The number of phosphoric ester groups is 1. The van der Waals surface area contributed by atoms with E-state index in [2.05, 4.69) is 9.51 Å². The molecule has 1 aliphatic heterocycles. The average Bonchev–Trinajstić information content (AvgIpc) is 2.80. The van der Waals surface area contributed by atoms with E-state index in [1.54, 1.807) is 0 Å². The van der Waals surface area contributed by atoms with Crippen molar-refractivity contribution in [1.82, 2.24) is 9.55 Å². The van der Waals surface area contributed by atoms with Crippen molar-refractivity contribution < 1.29 is 28.3 Å². The molecule has 4 unspecified atom stereocenters. The van der Waals surface area contributed by atoms with Crippen molar-refractivity contribution in [3.05, 3.63) is 22.7 Å². The minimum Gasteiger partial charge on any atom is -0.394 e. The van der Waals surface area contributed by atoms with Gasteiger partial charge >= 0.3 is 13.5 Å². The number of anilines is 1. The van der Waals surface area contributed by atoms with Gasteiger partial charge in [0.1, 0.15) is 24.3 Å². The summed E-state index contributed by atoms with van der Waals surface area (Å²) in [4.78, 5) is 24.6. The van der Waals surface area contributed by atoms with Crippen molar-refractivity contribution in [2.24, 2.45) is 0 Å². The average molecular weight is 321 g/mol. The monoisotopic (exact) mass is 321 g/mol. The minimum absolute atomic E-state index is 0.0694. The van der Waals surface area contributed by atoms with E-state index in [1.165, 1.54) is 12.3 Å². The summed E-state index contributed by atoms with van der Waals surface area (Å²) in [6.45, 7) is -0.442. The number of aromatic nitrogens is 2. The molecule has 21 heavy (non-hydrogen) atoms. The Balaban J connectivity index is 2.18. The van der Waals surface area contributed by atoms with Crippen LogP contribution in [0.1, 0.15) is 12.6 Å². The Labute approximate surface area is 119 Å². The molecule has 0 saturated carbocycles. The van der Waals surface area contributed by atoms with Gasteiger partial charge in [-0.25, -0.2) is 9.36 Å². The summed E-state index contributed by atoms with van der Waals surface area (Å²) in [7, 11) is -3.20. The van der Waals surface area contributed by atoms with Crippen LogP contribution in [-0.4, -0.2) is 45.5 Å². The molecule has 1 aromatic rings. The number of hydrogen-bond acceptors (Lipinski definition) is 8. The predicted molar refractivity (Wildman–Crippen MR) is 70.2 cm³/mol. The van der Waals surface area contributed by atoms with Gasteiger partial charge in [0.2, 0.25) is 0 Å². The van der Waals surface area contributed by atoms with E-state index < -0.39 is 38.6 Å². The van der Waals surface area contributed by atoms with Gasteiger partial charge in [0.15, 0.2) is 0 Å². The van der Waals surface area contributed by atoms with Crippen molar-refractivity contribution in [3.8, 4) is 0 Å². The van der Waals surface area contributed by atoms with Gasteiger partial charge in [0.25, 0.3) is 0 Å². The maximum Gasteiger partial charge on any atom is 0.472 e. The highest BCUT2D eigenvalue weighted by atomic mass is 31.2. The summed E-state index contributed by atoms with van der Waals surface area (Å²) < 4.78 is 27.3. The maximum absolute atomic E-state index is 11.7. The summed E-state index contributed by atoms with van der Waals surface area (Å²) in [5, 5.41) is 9.24. The fraction of sp³-hybridized carbons (Fsp3) is 0.600. The molecule has 0 amide bonds. The standard InChI is InChI=1S/C10H16N3O7P/c1-18-21(16,17)20-6-4-9(19-7(6)5-14)13-3-2-8(11)12-10(13)15/h2-3,6-7,9,14H,4-5H2,1H3,(H,16,17)(H2,11,12,15). The molecule has 1 aromatic heterocycles. The lowest BCUT2D eigenvalue weighted by Gasteiger charge is -2.18. The van der Waals surface area contributed by atoms with Crippen molar-refractivity contribution >= 4 is 13.6 Å². The maximum atomic E-state index is 11.7. The normalized spacial score (nSPS) is 28.4.